The summed E-state index contributed by atoms with van der Waals surface area (Å²) in [4.78, 5) is 12.4. The summed E-state index contributed by atoms with van der Waals surface area (Å²) < 4.78 is 34.0. The van der Waals surface area contributed by atoms with E-state index in [9.17, 15) is 8.42 Å². The lowest BCUT2D eigenvalue weighted by Crippen LogP contribution is -2.06. The number of anilines is 1. The average molecular weight is 497 g/mol. The van der Waals surface area contributed by atoms with Crippen molar-refractivity contribution >= 4 is 55.0 Å². The number of aromatic nitrogens is 4. The Morgan fingerprint density at radius 3 is 2.42 bits per heavy atom. The molecule has 36 heavy (non-hydrogen) atoms. The van der Waals surface area contributed by atoms with E-state index in [-0.39, 0.29) is 26.8 Å². The van der Waals surface area contributed by atoms with E-state index < -0.39 is 9.84 Å². The summed E-state index contributed by atoms with van der Waals surface area (Å²) in [5.74, 6) is 0.464. The van der Waals surface area contributed by atoms with Crippen molar-refractivity contribution < 1.29 is 13.2 Å². The summed E-state index contributed by atoms with van der Waals surface area (Å²) in [5, 5.41) is 5.52. The first-order chi connectivity index (χ1) is 17.5. The van der Waals surface area contributed by atoms with Crippen LogP contribution >= 0.6 is 0 Å². The van der Waals surface area contributed by atoms with Gasteiger partial charge in [-0.3, -0.25) is 0 Å². The monoisotopic (exact) mass is 496 g/mol. The smallest absolute Gasteiger partial charge is 0.212 e. The van der Waals surface area contributed by atoms with Gasteiger partial charge in [-0.15, -0.1) is 0 Å². The van der Waals surface area contributed by atoms with Gasteiger partial charge in [-0.05, 0) is 42.5 Å². The lowest BCUT2D eigenvalue weighted by Gasteiger charge is -2.06. The highest BCUT2D eigenvalue weighted by Gasteiger charge is 2.30. The molecule has 0 atom stereocenters. The van der Waals surface area contributed by atoms with Crippen molar-refractivity contribution in [2.24, 2.45) is 5.10 Å². The van der Waals surface area contributed by atoms with Gasteiger partial charge in [-0.1, -0.05) is 30.3 Å². The van der Waals surface area contributed by atoms with E-state index in [1.807, 2.05) is 42.6 Å². The number of methoxy groups -OCH3 is 1. The van der Waals surface area contributed by atoms with Gasteiger partial charge in [-0.2, -0.15) is 9.78 Å². The highest BCUT2D eigenvalue weighted by Crippen LogP contribution is 2.35. The summed E-state index contributed by atoms with van der Waals surface area (Å²) in [6.45, 7) is 0. The second-order valence-electron chi connectivity index (χ2n) is 8.12. The van der Waals surface area contributed by atoms with Gasteiger partial charge in [0.1, 0.15) is 22.0 Å². The number of rotatable bonds is 5. The summed E-state index contributed by atoms with van der Waals surface area (Å²) in [5.41, 5.74) is 9.79. The van der Waals surface area contributed by atoms with Gasteiger partial charge in [0.25, 0.3) is 0 Å². The van der Waals surface area contributed by atoms with Crippen LogP contribution in [0, 0.1) is 0 Å². The number of H-pyrrole nitrogens is 1. The number of hydrogen-bond acceptors (Lipinski definition) is 7. The number of para-hydroxylation sites is 3. The Morgan fingerprint density at radius 1 is 0.972 bits per heavy atom. The molecule has 0 radical (unpaired) electrons. The fourth-order valence-corrected chi connectivity index (χ4v) is 5.68. The predicted octanol–water partition coefficient (Wildman–Crippen LogP) is 4.37. The molecule has 0 fully saturated rings. The van der Waals surface area contributed by atoms with Crippen LogP contribution < -0.4 is 10.5 Å². The fourth-order valence-electron chi connectivity index (χ4n) is 4.20. The molecule has 9 nitrogen and oxygen atoms in total. The van der Waals surface area contributed by atoms with Gasteiger partial charge in [0.05, 0.1) is 29.3 Å². The Bertz CT molecular complexity index is 1900. The molecule has 6 aromatic rings. The lowest BCUT2D eigenvalue weighted by atomic mass is 10.2. The largest absolute Gasteiger partial charge is 0.497 e. The molecule has 3 aromatic carbocycles. The molecular weight excluding hydrogens is 476 g/mol. The minimum atomic E-state index is -4.06. The van der Waals surface area contributed by atoms with Crippen molar-refractivity contribution in [3.63, 3.8) is 0 Å². The summed E-state index contributed by atoms with van der Waals surface area (Å²) in [7, 11) is -2.54. The quantitative estimate of drug-likeness (QED) is 0.341. The van der Waals surface area contributed by atoms with Crippen LogP contribution in [-0.4, -0.2) is 41.4 Å². The Balaban J connectivity index is 1.59. The van der Waals surface area contributed by atoms with E-state index in [1.54, 1.807) is 30.5 Å². The summed E-state index contributed by atoms with van der Waals surface area (Å²) in [6, 6.07) is 21.1. The molecule has 6 rings (SSSR count). The van der Waals surface area contributed by atoms with Crippen LogP contribution in [0.3, 0.4) is 0 Å². The average Bonchev–Trinajstić information content (AvgIpc) is 3.43. The number of ether oxygens (including phenoxy) is 1. The van der Waals surface area contributed by atoms with Gasteiger partial charge in [0.15, 0.2) is 5.65 Å². The SMILES string of the molecule is COc1ccc(S(=O)(=O)c2c(N)n(/N=C\c3c[nH]c4ccccc34)c3nc4ccccc4nc23)cc1. The predicted molar refractivity (Wildman–Crippen MR) is 139 cm³/mol. The zero-order chi connectivity index (χ0) is 24.9. The maximum Gasteiger partial charge on any atom is 0.212 e. The van der Waals surface area contributed by atoms with Crippen LogP contribution in [0.15, 0.2) is 93.9 Å². The Labute approximate surface area is 205 Å². The number of nitrogens with zero attached hydrogens (tertiary/aromatic N) is 4. The van der Waals surface area contributed by atoms with Crippen molar-refractivity contribution in [2.75, 3.05) is 12.8 Å². The number of sulfone groups is 1. The number of benzene rings is 3. The second-order valence-corrected chi connectivity index (χ2v) is 10.0. The molecule has 3 N–H and O–H groups in total. The number of nitrogen functional groups attached to an aromatic ring is 1. The van der Waals surface area contributed by atoms with Crippen molar-refractivity contribution in [3.8, 4) is 5.75 Å². The molecule has 0 saturated heterocycles. The van der Waals surface area contributed by atoms with E-state index in [2.05, 4.69) is 20.1 Å². The molecule has 0 spiro atoms. The molecule has 3 heterocycles. The number of nitrogens with one attached hydrogen (secondary N) is 1. The molecule has 0 aliphatic carbocycles. The van der Waals surface area contributed by atoms with E-state index in [0.29, 0.717) is 16.8 Å². The van der Waals surface area contributed by atoms with Gasteiger partial charge < -0.3 is 15.5 Å². The van der Waals surface area contributed by atoms with Crippen molar-refractivity contribution in [3.05, 3.63) is 84.6 Å². The van der Waals surface area contributed by atoms with Crippen LogP contribution in [0.4, 0.5) is 5.82 Å². The molecule has 10 heteroatoms. The third kappa shape index (κ3) is 3.38. The zero-order valence-corrected chi connectivity index (χ0v) is 19.9. The standard InChI is InChI=1S/C26H20N6O3S/c1-35-17-10-12-18(13-11-17)36(33,34)24-23-26(31-22-9-5-4-8-21(22)30-23)32(25(24)27)29-15-16-14-28-20-7-3-2-6-19(16)20/h2-15,28H,27H2,1H3/b29-15-. The molecular formula is C26H20N6O3S. The maximum atomic E-state index is 13.8. The minimum absolute atomic E-state index is 0.0598. The molecule has 178 valence electrons. The third-order valence-electron chi connectivity index (χ3n) is 6.00. The van der Waals surface area contributed by atoms with E-state index in [1.165, 1.54) is 23.9 Å². The number of nitrogens with two attached hydrogens (primary N) is 1. The highest BCUT2D eigenvalue weighted by atomic mass is 32.2. The van der Waals surface area contributed by atoms with E-state index in [0.717, 1.165) is 16.5 Å². The Hall–Kier alpha value is -4.70. The van der Waals surface area contributed by atoms with Gasteiger partial charge in [0, 0.05) is 22.7 Å². The molecule has 0 amide bonds. The minimum Gasteiger partial charge on any atom is -0.497 e. The second kappa shape index (κ2) is 8.21. The fraction of sp³-hybridized carbons (Fsp3) is 0.0385. The maximum absolute atomic E-state index is 13.8. The summed E-state index contributed by atoms with van der Waals surface area (Å²) in [6.07, 6.45) is 3.45. The molecule has 0 saturated carbocycles. The van der Waals surface area contributed by atoms with Crippen LogP contribution in [-0.2, 0) is 9.84 Å². The van der Waals surface area contributed by atoms with Gasteiger partial charge >= 0.3 is 0 Å². The van der Waals surface area contributed by atoms with Crippen LogP contribution in [0.1, 0.15) is 5.56 Å². The molecule has 0 bridgehead atoms. The Kier molecular flexibility index (Phi) is 4.97. The zero-order valence-electron chi connectivity index (χ0n) is 19.1. The van der Waals surface area contributed by atoms with Crippen molar-refractivity contribution in [1.29, 1.82) is 0 Å². The van der Waals surface area contributed by atoms with Gasteiger partial charge in [-0.25, -0.2) is 18.4 Å². The first kappa shape index (κ1) is 21.8. The topological polar surface area (TPSA) is 128 Å². The van der Waals surface area contributed by atoms with Crippen LogP contribution in [0.2, 0.25) is 0 Å². The highest BCUT2D eigenvalue weighted by molar-refractivity contribution is 7.92. The Morgan fingerprint density at radius 2 is 1.67 bits per heavy atom. The molecule has 0 unspecified atom stereocenters. The molecule has 0 aliphatic rings. The van der Waals surface area contributed by atoms with Crippen molar-refractivity contribution in [2.45, 2.75) is 9.79 Å². The van der Waals surface area contributed by atoms with E-state index in [4.69, 9.17) is 10.5 Å². The molecule has 3 aromatic heterocycles. The third-order valence-corrected chi connectivity index (χ3v) is 7.83. The van der Waals surface area contributed by atoms with E-state index >= 15 is 0 Å². The summed E-state index contributed by atoms with van der Waals surface area (Å²) >= 11 is 0. The van der Waals surface area contributed by atoms with Crippen molar-refractivity contribution in [1.82, 2.24) is 19.6 Å². The first-order valence-corrected chi connectivity index (χ1v) is 12.5. The normalized spacial score (nSPS) is 12.2. The number of fused-ring (bicyclic) bond motifs is 3. The van der Waals surface area contributed by atoms with Crippen LogP contribution in [0.25, 0.3) is 33.1 Å². The van der Waals surface area contributed by atoms with Crippen LogP contribution in [0.5, 0.6) is 5.75 Å². The molecule has 0 aliphatic heterocycles. The number of aromatic amines is 1. The lowest BCUT2D eigenvalue weighted by molar-refractivity contribution is 0.414. The number of hydrogen-bond donors (Lipinski definition) is 2. The first-order valence-electron chi connectivity index (χ1n) is 11.0. The van der Waals surface area contributed by atoms with Gasteiger partial charge in [0.2, 0.25) is 9.84 Å².